The van der Waals surface area contributed by atoms with Gasteiger partial charge in [0.05, 0.1) is 5.69 Å². The Kier molecular flexibility index (Phi) is 4.54. The molecule has 154 valence electrons. The molecule has 3 heterocycles. The highest BCUT2D eigenvalue weighted by atomic mass is 16.6. The Labute approximate surface area is 173 Å². The zero-order valence-electron chi connectivity index (χ0n) is 16.3. The van der Waals surface area contributed by atoms with E-state index in [9.17, 15) is 14.4 Å². The predicted octanol–water partition coefficient (Wildman–Crippen LogP) is 2.26. The van der Waals surface area contributed by atoms with E-state index in [1.54, 1.807) is 18.2 Å². The van der Waals surface area contributed by atoms with Crippen LogP contribution in [0.1, 0.15) is 24.0 Å². The minimum absolute atomic E-state index is 0.152. The molecule has 2 aromatic carbocycles. The molecule has 3 aliphatic heterocycles. The number of carbonyl (C=O) groups excluding carboxylic acids is 3. The summed E-state index contributed by atoms with van der Waals surface area (Å²) in [5, 5.41) is 5.28. The number of rotatable bonds is 2. The second kappa shape index (κ2) is 7.37. The number of nitrogens with zero attached hydrogens (tertiary/aromatic N) is 1. The summed E-state index contributed by atoms with van der Waals surface area (Å²) < 4.78 is 11.0. The first-order valence-corrected chi connectivity index (χ1v) is 10.1. The lowest BCUT2D eigenvalue weighted by atomic mass is 9.91. The molecule has 3 aliphatic rings. The maximum absolute atomic E-state index is 12.5. The van der Waals surface area contributed by atoms with Crippen LogP contribution in [0, 0.1) is 0 Å². The van der Waals surface area contributed by atoms with Crippen LogP contribution in [-0.2, 0) is 27.2 Å². The van der Waals surface area contributed by atoms with Gasteiger partial charge in [-0.3, -0.25) is 14.4 Å². The van der Waals surface area contributed by atoms with Crippen molar-refractivity contribution in [1.29, 1.82) is 0 Å². The molecule has 0 saturated carbocycles. The maximum Gasteiger partial charge on any atom is 0.314 e. The fourth-order valence-electron chi connectivity index (χ4n) is 4.22. The van der Waals surface area contributed by atoms with E-state index < -0.39 is 11.8 Å². The van der Waals surface area contributed by atoms with Crippen molar-refractivity contribution in [2.45, 2.75) is 25.7 Å². The standard InChI is InChI=1S/C22H21N3O5/c26-19-6-3-14-11-16(10-13-2-1-7-25(19)20(13)14)24-22(28)21(27)23-15-4-5-17-18(12-15)30-9-8-29-17/h4-5,10-12H,1-3,6-9H2,(H,23,27)(H,24,28). The molecular weight excluding hydrogens is 386 g/mol. The van der Waals surface area contributed by atoms with Crippen LogP contribution in [0.5, 0.6) is 11.5 Å². The van der Waals surface area contributed by atoms with Crippen molar-refractivity contribution in [3.63, 3.8) is 0 Å². The molecule has 0 radical (unpaired) electrons. The van der Waals surface area contributed by atoms with E-state index in [4.69, 9.17) is 9.47 Å². The van der Waals surface area contributed by atoms with Crippen LogP contribution < -0.4 is 25.0 Å². The van der Waals surface area contributed by atoms with E-state index in [2.05, 4.69) is 10.6 Å². The van der Waals surface area contributed by atoms with Crippen LogP contribution in [0.4, 0.5) is 17.1 Å². The van der Waals surface area contributed by atoms with Crippen LogP contribution in [0.2, 0.25) is 0 Å². The molecule has 0 aromatic heterocycles. The summed E-state index contributed by atoms with van der Waals surface area (Å²) in [5.74, 6) is -0.225. The fourth-order valence-corrected chi connectivity index (χ4v) is 4.22. The van der Waals surface area contributed by atoms with Gasteiger partial charge in [0.1, 0.15) is 13.2 Å². The lowest BCUT2D eigenvalue weighted by molar-refractivity contribution is -0.133. The number of hydrogen-bond acceptors (Lipinski definition) is 5. The van der Waals surface area contributed by atoms with Crippen molar-refractivity contribution in [1.82, 2.24) is 0 Å². The highest BCUT2D eigenvalue weighted by Crippen LogP contribution is 2.38. The number of hydrogen-bond donors (Lipinski definition) is 2. The van der Waals surface area contributed by atoms with Crippen LogP contribution in [0.25, 0.3) is 0 Å². The zero-order valence-corrected chi connectivity index (χ0v) is 16.3. The molecule has 0 atom stereocenters. The van der Waals surface area contributed by atoms with E-state index in [-0.39, 0.29) is 5.91 Å². The highest BCUT2D eigenvalue weighted by molar-refractivity contribution is 6.43. The van der Waals surface area contributed by atoms with Gasteiger partial charge in [0.15, 0.2) is 11.5 Å². The SMILES string of the molecule is O=C(Nc1cc2c3c(c1)CCC(=O)N3CCC2)C(=O)Nc1ccc2c(c1)OCCO2. The van der Waals surface area contributed by atoms with Gasteiger partial charge >= 0.3 is 11.8 Å². The van der Waals surface area contributed by atoms with E-state index in [0.717, 1.165) is 36.2 Å². The summed E-state index contributed by atoms with van der Waals surface area (Å²) in [5.41, 5.74) is 4.08. The molecule has 0 saturated heterocycles. The topological polar surface area (TPSA) is 97.0 Å². The molecule has 8 nitrogen and oxygen atoms in total. The Balaban J connectivity index is 1.31. The van der Waals surface area contributed by atoms with Crippen LogP contribution in [-0.4, -0.2) is 37.5 Å². The Hall–Kier alpha value is -3.55. The molecular formula is C22H21N3O5. The van der Waals surface area contributed by atoms with E-state index in [1.807, 2.05) is 17.0 Å². The van der Waals surface area contributed by atoms with Gasteiger partial charge in [-0.1, -0.05) is 0 Å². The quantitative estimate of drug-likeness (QED) is 0.745. The molecule has 30 heavy (non-hydrogen) atoms. The number of benzene rings is 2. The molecule has 0 unspecified atom stereocenters. The average molecular weight is 407 g/mol. The molecule has 0 fully saturated rings. The van der Waals surface area contributed by atoms with Crippen LogP contribution in [0.15, 0.2) is 30.3 Å². The summed E-state index contributed by atoms with van der Waals surface area (Å²) in [6.07, 6.45) is 2.85. The highest BCUT2D eigenvalue weighted by Gasteiger charge is 2.30. The molecule has 8 heteroatoms. The Morgan fingerprint density at radius 2 is 1.53 bits per heavy atom. The van der Waals surface area contributed by atoms with Gasteiger partial charge < -0.3 is 25.0 Å². The molecule has 0 spiro atoms. The molecule has 3 amide bonds. The van der Waals surface area contributed by atoms with Gasteiger partial charge in [0, 0.05) is 30.4 Å². The Morgan fingerprint density at radius 1 is 0.833 bits per heavy atom. The van der Waals surface area contributed by atoms with Crippen molar-refractivity contribution >= 4 is 34.8 Å². The van der Waals surface area contributed by atoms with Crippen LogP contribution in [0.3, 0.4) is 0 Å². The number of fused-ring (bicyclic) bond motifs is 1. The summed E-state index contributed by atoms with van der Waals surface area (Å²) >= 11 is 0. The summed E-state index contributed by atoms with van der Waals surface area (Å²) in [6.45, 7) is 1.66. The number of nitrogens with one attached hydrogen (secondary N) is 2. The first-order chi connectivity index (χ1) is 14.6. The van der Waals surface area contributed by atoms with E-state index in [1.165, 1.54) is 0 Å². The molecule has 5 rings (SSSR count). The first kappa shape index (κ1) is 18.5. The normalized spacial score (nSPS) is 16.5. The van der Waals surface area contributed by atoms with Crippen molar-refractivity contribution in [2.24, 2.45) is 0 Å². The monoisotopic (exact) mass is 407 g/mol. The minimum atomic E-state index is -0.769. The molecule has 2 aromatic rings. The number of amides is 3. The number of anilines is 3. The summed E-state index contributed by atoms with van der Waals surface area (Å²) in [6, 6.07) is 8.71. The number of ether oxygens (including phenoxy) is 2. The third kappa shape index (κ3) is 3.34. The summed E-state index contributed by atoms with van der Waals surface area (Å²) in [7, 11) is 0. The third-order valence-corrected chi connectivity index (χ3v) is 5.54. The van der Waals surface area contributed by atoms with Crippen molar-refractivity contribution in [3.05, 3.63) is 41.5 Å². The van der Waals surface area contributed by atoms with Gasteiger partial charge in [-0.2, -0.15) is 0 Å². The van der Waals surface area contributed by atoms with Gasteiger partial charge in [0.2, 0.25) is 5.91 Å². The van der Waals surface area contributed by atoms with Crippen molar-refractivity contribution < 1.29 is 23.9 Å². The van der Waals surface area contributed by atoms with E-state index >= 15 is 0 Å². The molecule has 0 aliphatic carbocycles. The lowest BCUT2D eigenvalue weighted by Crippen LogP contribution is -2.39. The fraction of sp³-hybridized carbons (Fsp3) is 0.318. The Morgan fingerprint density at radius 3 is 2.33 bits per heavy atom. The first-order valence-electron chi connectivity index (χ1n) is 10.1. The smallest absolute Gasteiger partial charge is 0.314 e. The molecule has 2 N–H and O–H groups in total. The van der Waals surface area contributed by atoms with Crippen molar-refractivity contribution in [2.75, 3.05) is 35.3 Å². The van der Waals surface area contributed by atoms with E-state index in [0.29, 0.717) is 48.9 Å². The zero-order chi connectivity index (χ0) is 20.7. The predicted molar refractivity (Wildman–Crippen MR) is 110 cm³/mol. The molecule has 0 bridgehead atoms. The van der Waals surface area contributed by atoms with Gasteiger partial charge in [-0.15, -0.1) is 0 Å². The number of aryl methyl sites for hydroxylation is 2. The van der Waals surface area contributed by atoms with Gasteiger partial charge in [-0.05, 0) is 54.7 Å². The van der Waals surface area contributed by atoms with Gasteiger partial charge in [-0.25, -0.2) is 0 Å². The van der Waals surface area contributed by atoms with Crippen LogP contribution >= 0.6 is 0 Å². The Bertz CT molecular complexity index is 1050. The largest absolute Gasteiger partial charge is 0.486 e. The second-order valence-corrected chi connectivity index (χ2v) is 7.56. The lowest BCUT2D eigenvalue weighted by Gasteiger charge is -2.35. The average Bonchev–Trinajstić information content (AvgIpc) is 2.76. The minimum Gasteiger partial charge on any atom is -0.486 e. The maximum atomic E-state index is 12.5. The van der Waals surface area contributed by atoms with Gasteiger partial charge in [0.25, 0.3) is 0 Å². The van der Waals surface area contributed by atoms with Crippen molar-refractivity contribution in [3.8, 4) is 11.5 Å². The number of carbonyl (C=O) groups is 3. The second-order valence-electron chi connectivity index (χ2n) is 7.56. The summed E-state index contributed by atoms with van der Waals surface area (Å²) in [4.78, 5) is 38.9. The third-order valence-electron chi connectivity index (χ3n) is 5.54.